The monoisotopic (exact) mass is 300 g/mol. The Balaban J connectivity index is 1.45. The number of amides is 1. The lowest BCUT2D eigenvalue weighted by Crippen LogP contribution is -2.32. The van der Waals surface area contributed by atoms with E-state index >= 15 is 0 Å². The topological polar surface area (TPSA) is 33.2 Å². The molecule has 2 fully saturated rings. The van der Waals surface area contributed by atoms with Crippen molar-refractivity contribution in [3.8, 4) is 0 Å². The van der Waals surface area contributed by atoms with Gasteiger partial charge in [0.1, 0.15) is 0 Å². The fourth-order valence-electron chi connectivity index (χ4n) is 3.65. The quantitative estimate of drug-likeness (QED) is 0.751. The van der Waals surface area contributed by atoms with Crippen LogP contribution in [-0.4, -0.2) is 21.8 Å². The van der Waals surface area contributed by atoms with Gasteiger partial charge in [-0.25, -0.2) is 0 Å². The number of pyridine rings is 1. The molecule has 3 rings (SSSR count). The molecule has 2 saturated carbocycles. The maximum absolute atomic E-state index is 12.6. The molecule has 0 unspecified atom stereocenters. The van der Waals surface area contributed by atoms with Crippen LogP contribution in [0.1, 0.15) is 69.8 Å². The summed E-state index contributed by atoms with van der Waals surface area (Å²) in [6.07, 6.45) is 16.0. The Morgan fingerprint density at radius 2 is 1.82 bits per heavy atom. The van der Waals surface area contributed by atoms with E-state index in [1.54, 1.807) is 0 Å². The molecular weight excluding hydrogens is 272 g/mol. The molecule has 0 atom stereocenters. The third kappa shape index (κ3) is 4.56. The molecule has 3 nitrogen and oxygen atoms in total. The van der Waals surface area contributed by atoms with Crippen LogP contribution in [0.15, 0.2) is 24.5 Å². The number of carbonyl (C=O) groups is 1. The molecule has 0 saturated heterocycles. The van der Waals surface area contributed by atoms with Gasteiger partial charge >= 0.3 is 0 Å². The van der Waals surface area contributed by atoms with E-state index in [0.717, 1.165) is 25.3 Å². The minimum absolute atomic E-state index is 0.357. The second-order valence-electron chi connectivity index (χ2n) is 7.00. The summed E-state index contributed by atoms with van der Waals surface area (Å²) in [5.74, 6) is 1.24. The largest absolute Gasteiger partial charge is 0.335 e. The van der Waals surface area contributed by atoms with Crippen LogP contribution in [0, 0.1) is 5.92 Å². The van der Waals surface area contributed by atoms with Crippen molar-refractivity contribution in [3.05, 3.63) is 30.1 Å². The maximum Gasteiger partial charge on any atom is 0.223 e. The van der Waals surface area contributed by atoms with Gasteiger partial charge in [0.15, 0.2) is 0 Å². The molecule has 3 heteroatoms. The molecular formula is C19H28N2O. The standard InChI is InChI=1S/C19H28N2O/c22-19(8-4-7-16-5-2-1-3-6-16)21(18-9-10-18)15-17-11-13-20-14-12-17/h11-14,16,18H,1-10,15H2. The van der Waals surface area contributed by atoms with Gasteiger partial charge < -0.3 is 4.90 Å². The van der Waals surface area contributed by atoms with Gasteiger partial charge in [-0.15, -0.1) is 0 Å². The first-order valence-electron chi connectivity index (χ1n) is 9.01. The van der Waals surface area contributed by atoms with Crippen LogP contribution < -0.4 is 0 Å². The van der Waals surface area contributed by atoms with E-state index < -0.39 is 0 Å². The smallest absolute Gasteiger partial charge is 0.223 e. The summed E-state index contributed by atoms with van der Waals surface area (Å²) in [6, 6.07) is 4.53. The highest BCUT2D eigenvalue weighted by atomic mass is 16.2. The van der Waals surface area contributed by atoms with Gasteiger partial charge in [-0.1, -0.05) is 32.1 Å². The fourth-order valence-corrected chi connectivity index (χ4v) is 3.65. The average Bonchev–Trinajstić information content (AvgIpc) is 3.39. The third-order valence-corrected chi connectivity index (χ3v) is 5.14. The van der Waals surface area contributed by atoms with Crippen LogP contribution in [0.25, 0.3) is 0 Å². The Hall–Kier alpha value is -1.38. The van der Waals surface area contributed by atoms with E-state index in [4.69, 9.17) is 0 Å². The van der Waals surface area contributed by atoms with E-state index in [1.807, 2.05) is 24.5 Å². The van der Waals surface area contributed by atoms with Crippen LogP contribution in [0.4, 0.5) is 0 Å². The highest BCUT2D eigenvalue weighted by molar-refractivity contribution is 5.76. The zero-order chi connectivity index (χ0) is 15.2. The summed E-state index contributed by atoms with van der Waals surface area (Å²) in [4.78, 5) is 18.7. The van der Waals surface area contributed by atoms with Crippen molar-refractivity contribution >= 4 is 5.91 Å². The first-order valence-corrected chi connectivity index (χ1v) is 9.01. The maximum atomic E-state index is 12.6. The molecule has 0 spiro atoms. The van der Waals surface area contributed by atoms with E-state index in [-0.39, 0.29) is 0 Å². The molecule has 120 valence electrons. The zero-order valence-electron chi connectivity index (χ0n) is 13.5. The number of nitrogens with zero attached hydrogens (tertiary/aromatic N) is 2. The molecule has 0 bridgehead atoms. The van der Waals surface area contributed by atoms with Gasteiger partial charge in [-0.2, -0.15) is 0 Å². The molecule has 1 amide bonds. The summed E-state index contributed by atoms with van der Waals surface area (Å²) in [5, 5.41) is 0. The second kappa shape index (κ2) is 7.75. The number of carbonyl (C=O) groups excluding carboxylic acids is 1. The Morgan fingerprint density at radius 3 is 2.50 bits per heavy atom. The van der Waals surface area contributed by atoms with Crippen molar-refractivity contribution in [2.24, 2.45) is 5.92 Å². The lowest BCUT2D eigenvalue weighted by molar-refractivity contribution is -0.132. The molecule has 0 N–H and O–H groups in total. The van der Waals surface area contributed by atoms with Crippen molar-refractivity contribution < 1.29 is 4.79 Å². The van der Waals surface area contributed by atoms with Crippen molar-refractivity contribution in [2.45, 2.75) is 76.8 Å². The number of hydrogen-bond acceptors (Lipinski definition) is 2. The molecule has 0 aliphatic heterocycles. The molecule has 2 aliphatic carbocycles. The van der Waals surface area contributed by atoms with Gasteiger partial charge in [0, 0.05) is 31.4 Å². The van der Waals surface area contributed by atoms with Gasteiger partial charge in [0.2, 0.25) is 5.91 Å². The SMILES string of the molecule is O=C(CCCC1CCCCC1)N(Cc1ccncc1)C1CC1. The van der Waals surface area contributed by atoms with Crippen LogP contribution in [0.2, 0.25) is 0 Å². The molecule has 0 radical (unpaired) electrons. The van der Waals surface area contributed by atoms with Crippen molar-refractivity contribution in [1.29, 1.82) is 0 Å². The van der Waals surface area contributed by atoms with Crippen molar-refractivity contribution in [3.63, 3.8) is 0 Å². The summed E-state index contributed by atoms with van der Waals surface area (Å²) in [6.45, 7) is 0.759. The zero-order valence-corrected chi connectivity index (χ0v) is 13.5. The van der Waals surface area contributed by atoms with Crippen LogP contribution >= 0.6 is 0 Å². The highest BCUT2D eigenvalue weighted by Crippen LogP contribution is 2.31. The number of hydrogen-bond donors (Lipinski definition) is 0. The molecule has 1 aromatic rings. The van der Waals surface area contributed by atoms with Gasteiger partial charge in [-0.3, -0.25) is 9.78 Å². The first-order chi connectivity index (χ1) is 10.8. The van der Waals surface area contributed by atoms with E-state index in [1.165, 1.54) is 56.9 Å². The lowest BCUT2D eigenvalue weighted by Gasteiger charge is -2.24. The Labute approximate surface area is 134 Å². The van der Waals surface area contributed by atoms with Gasteiger partial charge in [0.05, 0.1) is 0 Å². The van der Waals surface area contributed by atoms with Gasteiger partial charge in [0.25, 0.3) is 0 Å². The number of rotatable bonds is 7. The Kier molecular flexibility index (Phi) is 5.47. The van der Waals surface area contributed by atoms with E-state index in [0.29, 0.717) is 11.9 Å². The van der Waals surface area contributed by atoms with Crippen LogP contribution in [0.5, 0.6) is 0 Å². The predicted molar refractivity (Wildman–Crippen MR) is 88.2 cm³/mol. The van der Waals surface area contributed by atoms with E-state index in [9.17, 15) is 4.79 Å². The Bertz CT molecular complexity index is 464. The van der Waals surface area contributed by atoms with Crippen LogP contribution in [0.3, 0.4) is 0 Å². The first kappa shape index (κ1) is 15.5. The second-order valence-corrected chi connectivity index (χ2v) is 7.00. The molecule has 2 aliphatic rings. The van der Waals surface area contributed by atoms with E-state index in [2.05, 4.69) is 9.88 Å². The average molecular weight is 300 g/mol. The fraction of sp³-hybridized carbons (Fsp3) is 0.684. The predicted octanol–water partition coefficient (Wildman–Crippen LogP) is 4.32. The summed E-state index contributed by atoms with van der Waals surface area (Å²) < 4.78 is 0. The van der Waals surface area contributed by atoms with Gasteiger partial charge in [-0.05, 0) is 49.3 Å². The highest BCUT2D eigenvalue weighted by Gasteiger charge is 2.32. The molecule has 1 heterocycles. The normalized spacial score (nSPS) is 19.1. The molecule has 1 aromatic heterocycles. The molecule has 0 aromatic carbocycles. The Morgan fingerprint density at radius 1 is 1.09 bits per heavy atom. The third-order valence-electron chi connectivity index (χ3n) is 5.14. The van der Waals surface area contributed by atoms with Crippen LogP contribution in [-0.2, 0) is 11.3 Å². The lowest BCUT2D eigenvalue weighted by atomic mass is 9.86. The summed E-state index contributed by atoms with van der Waals surface area (Å²) in [5.41, 5.74) is 1.20. The molecule has 22 heavy (non-hydrogen) atoms. The summed E-state index contributed by atoms with van der Waals surface area (Å²) >= 11 is 0. The van der Waals surface area contributed by atoms with Crippen molar-refractivity contribution in [2.75, 3.05) is 0 Å². The minimum Gasteiger partial charge on any atom is -0.335 e. The van der Waals surface area contributed by atoms with Crippen molar-refractivity contribution in [1.82, 2.24) is 9.88 Å². The summed E-state index contributed by atoms with van der Waals surface area (Å²) in [7, 11) is 0. The minimum atomic E-state index is 0.357. The number of aromatic nitrogens is 1.